The molecule has 32 valence electrons. The van der Waals surface area contributed by atoms with Crippen molar-refractivity contribution in [3.05, 3.63) is 0 Å². The van der Waals surface area contributed by atoms with E-state index >= 15 is 0 Å². The molecular weight excluding hydrogens is 154 g/mol. The summed E-state index contributed by atoms with van der Waals surface area (Å²) in [5, 5.41) is 16.7. The van der Waals surface area contributed by atoms with E-state index in [-0.39, 0.29) is 103 Å². The first kappa shape index (κ1) is 16.2. The van der Waals surface area contributed by atoms with Gasteiger partial charge in [-0.2, -0.15) is 0 Å². The second-order valence-electron chi connectivity index (χ2n) is 0.250. The van der Waals surface area contributed by atoms with Crippen molar-refractivity contribution in [3.63, 3.8) is 0 Å². The van der Waals surface area contributed by atoms with Crippen LogP contribution in [0.4, 0.5) is 4.79 Å². The number of rotatable bonds is 0. The molecule has 0 saturated carbocycles. The number of hydrogen-bond donors (Lipinski definition) is 0. The van der Waals surface area contributed by atoms with Gasteiger partial charge in [0, 0.05) is 0 Å². The quantitative estimate of drug-likeness (QED) is 0.327. The zero-order valence-electron chi connectivity index (χ0n) is 5.17. The summed E-state index contributed by atoms with van der Waals surface area (Å²) in [5.74, 6) is 0. The second-order valence-corrected chi connectivity index (χ2v) is 0.250. The Morgan fingerprint density at radius 1 is 1.43 bits per heavy atom. The first-order valence-electron chi connectivity index (χ1n) is 1.06. The molecule has 6 heteroatoms. The van der Waals surface area contributed by atoms with Crippen molar-refractivity contribution >= 4 is 6.16 Å². The molecule has 0 aliphatic carbocycles. The Bertz CT molecular complexity index is 37.0. The molecule has 0 aliphatic heterocycles. The largest absolute Gasteiger partial charge is 1.00 e. The molecule has 0 bridgehead atoms. The average molecular weight is 157 g/mol. The summed E-state index contributed by atoms with van der Waals surface area (Å²) in [7, 11) is 0. The molecular formula is CH2K2O4. The SMILES string of the molecule is O=C([O-])[O-].[2H]O.[K+].[K+]. The van der Waals surface area contributed by atoms with Gasteiger partial charge in [-0.3, -0.25) is 0 Å². The Labute approximate surface area is 127 Å². The van der Waals surface area contributed by atoms with Crippen LogP contribution >= 0.6 is 0 Å². The second kappa shape index (κ2) is 15.8. The minimum Gasteiger partial charge on any atom is -0.652 e. The third-order valence-corrected chi connectivity index (χ3v) is 0. The van der Waals surface area contributed by atoms with Crippen LogP contribution in [0.2, 0.25) is 0 Å². The van der Waals surface area contributed by atoms with Crippen molar-refractivity contribution in [3.8, 4) is 0 Å². The summed E-state index contributed by atoms with van der Waals surface area (Å²) >= 11 is 0. The fraction of sp³-hybridized carbons (Fsp3) is 0. The van der Waals surface area contributed by atoms with E-state index < -0.39 is 6.16 Å². The Morgan fingerprint density at radius 2 is 1.43 bits per heavy atom. The predicted molar refractivity (Wildman–Crippen MR) is 9.01 cm³/mol. The summed E-state index contributed by atoms with van der Waals surface area (Å²) in [6.45, 7) is 0. The van der Waals surface area contributed by atoms with Crippen LogP contribution in [0.5, 0.6) is 0 Å². The van der Waals surface area contributed by atoms with Gasteiger partial charge >= 0.3 is 103 Å². The van der Waals surface area contributed by atoms with Crippen LogP contribution in [0.1, 0.15) is 1.43 Å². The Hall–Kier alpha value is 2.50. The number of hydrogen-bond acceptors (Lipinski definition) is 3. The summed E-state index contributed by atoms with van der Waals surface area (Å²) in [6, 6.07) is 0. The maximum absolute atomic E-state index is 8.33. The van der Waals surface area contributed by atoms with Crippen molar-refractivity contribution in [1.82, 2.24) is 0 Å². The fourth-order valence-electron chi connectivity index (χ4n) is 0. The zero-order chi connectivity index (χ0) is 5.58. The van der Waals surface area contributed by atoms with Gasteiger partial charge in [0.2, 0.25) is 1.43 Å². The van der Waals surface area contributed by atoms with E-state index in [0.717, 1.165) is 0 Å². The Morgan fingerprint density at radius 3 is 1.43 bits per heavy atom. The molecule has 0 atom stereocenters. The van der Waals surface area contributed by atoms with Gasteiger partial charge in [0.05, 0.1) is 0 Å². The van der Waals surface area contributed by atoms with Crippen LogP contribution in [0.15, 0.2) is 0 Å². The first-order chi connectivity index (χ1) is 2.73. The molecule has 0 radical (unpaired) electrons. The normalized spacial score (nSPS) is 4.43. The number of carboxylic acid groups (broad SMARTS) is 2. The van der Waals surface area contributed by atoms with Gasteiger partial charge in [0.1, 0.15) is 0 Å². The molecule has 0 heterocycles. The van der Waals surface area contributed by atoms with Crippen LogP contribution in [-0.2, 0) is 0 Å². The van der Waals surface area contributed by atoms with Gasteiger partial charge in [0.15, 0.2) is 0 Å². The van der Waals surface area contributed by atoms with Crippen LogP contribution in [0.3, 0.4) is 0 Å². The molecule has 0 rings (SSSR count). The summed E-state index contributed by atoms with van der Waals surface area (Å²) in [5.41, 5.74) is 6.25. The van der Waals surface area contributed by atoms with Crippen molar-refractivity contribution in [2.45, 2.75) is 0 Å². The van der Waals surface area contributed by atoms with Crippen molar-refractivity contribution in [2.75, 3.05) is 0 Å². The Balaban J connectivity index is -0.0000000183. The summed E-state index contributed by atoms with van der Waals surface area (Å²) < 4.78 is 4.75. The van der Waals surface area contributed by atoms with Gasteiger partial charge in [-0.15, -0.1) is 0 Å². The van der Waals surface area contributed by atoms with Gasteiger partial charge in [-0.1, -0.05) is 0 Å². The smallest absolute Gasteiger partial charge is 0.652 e. The molecule has 7 heavy (non-hydrogen) atoms. The van der Waals surface area contributed by atoms with Crippen LogP contribution in [0.25, 0.3) is 0 Å². The fourth-order valence-corrected chi connectivity index (χ4v) is 0. The maximum Gasteiger partial charge on any atom is 1.00 e. The molecule has 0 fully saturated rings. The van der Waals surface area contributed by atoms with Gasteiger partial charge < -0.3 is 20.5 Å². The molecule has 0 saturated heterocycles. The molecule has 0 amide bonds. The summed E-state index contributed by atoms with van der Waals surface area (Å²) in [6.07, 6.45) is -2.33. The number of carbonyl (C=O) groups excluding carboxylic acids is 1. The molecule has 0 aliphatic rings. The molecule has 0 aromatic rings. The van der Waals surface area contributed by atoms with Crippen molar-refractivity contribution < 1.29 is 125 Å². The van der Waals surface area contributed by atoms with Crippen molar-refractivity contribution in [1.29, 1.82) is 0 Å². The maximum atomic E-state index is 8.33. The summed E-state index contributed by atoms with van der Waals surface area (Å²) in [4.78, 5) is 8.33. The molecule has 0 unspecified atom stereocenters. The zero-order valence-corrected chi connectivity index (χ0v) is 10.4. The van der Waals surface area contributed by atoms with E-state index in [4.69, 9.17) is 21.9 Å². The third kappa shape index (κ3) is 57.4. The monoisotopic (exact) mass is 157 g/mol. The topological polar surface area (TPSA) is 94.7 Å². The van der Waals surface area contributed by atoms with Gasteiger partial charge in [-0.25, -0.2) is 0 Å². The number of carbonyl (C=O) groups is 1. The van der Waals surface area contributed by atoms with E-state index in [1.165, 1.54) is 0 Å². The van der Waals surface area contributed by atoms with Crippen molar-refractivity contribution in [2.24, 2.45) is 0 Å². The minimum absolute atomic E-state index is 0. The standard InChI is InChI=1S/CH2O3.2K.H2O/c2-1(3)4;;;/h(H2,2,3,4);;;1H2/q;2*+1;/p-2/i/hD. The van der Waals surface area contributed by atoms with E-state index in [0.29, 0.717) is 0 Å². The van der Waals surface area contributed by atoms with E-state index in [9.17, 15) is 0 Å². The minimum atomic E-state index is -2.33. The van der Waals surface area contributed by atoms with E-state index in [1.54, 1.807) is 0 Å². The van der Waals surface area contributed by atoms with Crippen LogP contribution < -0.4 is 113 Å². The average Bonchev–Trinajstić information content (AvgIpc) is 1.41. The molecule has 2 N–H and O–H groups in total. The van der Waals surface area contributed by atoms with Crippen LogP contribution in [0, 0.1) is 0 Å². The molecule has 0 aromatic carbocycles. The predicted octanol–water partition coefficient (Wildman–Crippen LogP) is -9.26. The first-order valence-corrected chi connectivity index (χ1v) is 0.612. The van der Waals surface area contributed by atoms with Gasteiger partial charge in [-0.05, 0) is 6.16 Å². The molecule has 4 nitrogen and oxygen atoms in total. The van der Waals surface area contributed by atoms with E-state index in [2.05, 4.69) is 0 Å². The van der Waals surface area contributed by atoms with Crippen LogP contribution in [-0.4, -0.2) is 11.6 Å². The van der Waals surface area contributed by atoms with E-state index in [1.807, 2.05) is 0 Å². The Kier molecular flexibility index (Phi) is 36.7. The third-order valence-electron chi connectivity index (χ3n) is 0. The molecule has 0 aromatic heterocycles. The van der Waals surface area contributed by atoms with Gasteiger partial charge in [0.25, 0.3) is 0 Å². The molecule has 0 spiro atoms.